The first-order valence-electron chi connectivity index (χ1n) is 11.5. The Morgan fingerprint density at radius 1 is 1.06 bits per heavy atom. The van der Waals surface area contributed by atoms with E-state index in [-0.39, 0.29) is 36.5 Å². The third kappa shape index (κ3) is 4.51. The van der Waals surface area contributed by atoms with Crippen molar-refractivity contribution >= 4 is 34.2 Å². The van der Waals surface area contributed by atoms with Crippen LogP contribution in [-0.4, -0.2) is 42.3 Å². The van der Waals surface area contributed by atoms with Gasteiger partial charge in [-0.2, -0.15) is 0 Å². The highest BCUT2D eigenvalue weighted by molar-refractivity contribution is 6.25. The first kappa shape index (κ1) is 23.4. The van der Waals surface area contributed by atoms with Gasteiger partial charge < -0.3 is 15.1 Å². The molecule has 1 aliphatic rings. The van der Waals surface area contributed by atoms with Crippen LogP contribution in [0.1, 0.15) is 42.1 Å². The Balaban J connectivity index is 1.47. The van der Waals surface area contributed by atoms with E-state index >= 15 is 0 Å². The number of likely N-dealkylation sites (N-methyl/N-ethyl adjacent to an activating group) is 1. The van der Waals surface area contributed by atoms with Crippen molar-refractivity contribution in [3.63, 3.8) is 0 Å². The highest BCUT2D eigenvalue weighted by Crippen LogP contribution is 2.37. The number of halogens is 1. The second-order valence-corrected chi connectivity index (χ2v) is 8.43. The van der Waals surface area contributed by atoms with E-state index in [1.165, 1.54) is 12.1 Å². The molecule has 0 unspecified atom stereocenters. The van der Waals surface area contributed by atoms with Crippen LogP contribution in [0.2, 0.25) is 0 Å². The Morgan fingerprint density at radius 3 is 2.44 bits per heavy atom. The number of benzene rings is 3. The number of hydrogen-bond donors (Lipinski definition) is 1. The molecule has 4 rings (SSSR count). The van der Waals surface area contributed by atoms with Crippen LogP contribution in [0, 0.1) is 5.82 Å². The van der Waals surface area contributed by atoms with Crippen LogP contribution in [0.5, 0.6) is 0 Å². The van der Waals surface area contributed by atoms with Gasteiger partial charge in [-0.1, -0.05) is 43.3 Å². The van der Waals surface area contributed by atoms with Gasteiger partial charge in [0, 0.05) is 37.5 Å². The molecule has 0 saturated carbocycles. The second kappa shape index (κ2) is 10.0. The van der Waals surface area contributed by atoms with Crippen LogP contribution in [0.15, 0.2) is 60.7 Å². The molecule has 0 aliphatic carbocycles. The Morgan fingerprint density at radius 2 is 1.76 bits per heavy atom. The lowest BCUT2D eigenvalue weighted by Crippen LogP contribution is -2.48. The van der Waals surface area contributed by atoms with E-state index in [0.717, 1.165) is 22.0 Å². The van der Waals surface area contributed by atoms with Gasteiger partial charge in [-0.15, -0.1) is 0 Å². The van der Waals surface area contributed by atoms with Gasteiger partial charge in [-0.25, -0.2) is 4.39 Å². The third-order valence-electron chi connectivity index (χ3n) is 6.32. The van der Waals surface area contributed by atoms with Crippen LogP contribution in [0.4, 0.5) is 10.1 Å². The van der Waals surface area contributed by atoms with Gasteiger partial charge in [0.15, 0.2) is 0 Å². The first-order chi connectivity index (χ1) is 16.4. The van der Waals surface area contributed by atoms with E-state index in [2.05, 4.69) is 5.32 Å². The summed E-state index contributed by atoms with van der Waals surface area (Å²) in [5.74, 6) is -0.831. The van der Waals surface area contributed by atoms with E-state index < -0.39 is 6.04 Å². The van der Waals surface area contributed by atoms with E-state index in [1.807, 2.05) is 43.3 Å². The second-order valence-electron chi connectivity index (χ2n) is 8.43. The summed E-state index contributed by atoms with van der Waals surface area (Å²) in [7, 11) is 1.54. The quantitative estimate of drug-likeness (QED) is 0.517. The molecule has 7 heteroatoms. The van der Waals surface area contributed by atoms with Crippen molar-refractivity contribution in [1.29, 1.82) is 0 Å². The number of carbonyl (C=O) groups is 3. The zero-order valence-electron chi connectivity index (χ0n) is 19.4. The van der Waals surface area contributed by atoms with Gasteiger partial charge in [-0.05, 0) is 48.1 Å². The topological polar surface area (TPSA) is 69.7 Å². The molecule has 0 saturated heterocycles. The molecule has 0 spiro atoms. The van der Waals surface area contributed by atoms with Crippen LogP contribution >= 0.6 is 0 Å². The maximum atomic E-state index is 13.3. The number of hydrogen-bond acceptors (Lipinski definition) is 3. The summed E-state index contributed by atoms with van der Waals surface area (Å²) >= 11 is 0. The molecular formula is C27H28FN3O3. The van der Waals surface area contributed by atoms with Gasteiger partial charge in [0.2, 0.25) is 11.8 Å². The zero-order valence-corrected chi connectivity index (χ0v) is 19.4. The molecule has 176 valence electrons. The smallest absolute Gasteiger partial charge is 0.258 e. The van der Waals surface area contributed by atoms with Crippen molar-refractivity contribution in [2.75, 3.05) is 18.5 Å². The SMILES string of the molecule is CC[C@H](C(=O)NC)N(Cc1ccc(F)cc1)C(=O)CCCN1C(=O)c2cccc3cccc1c23. The summed E-state index contributed by atoms with van der Waals surface area (Å²) in [6.45, 7) is 2.46. The number of amides is 3. The minimum atomic E-state index is -0.631. The highest BCUT2D eigenvalue weighted by atomic mass is 19.1. The lowest BCUT2D eigenvalue weighted by atomic mass is 10.1. The molecule has 34 heavy (non-hydrogen) atoms. The fraction of sp³-hybridized carbons (Fsp3) is 0.296. The van der Waals surface area contributed by atoms with Crippen molar-refractivity contribution in [3.05, 3.63) is 77.6 Å². The monoisotopic (exact) mass is 461 g/mol. The molecule has 3 aromatic carbocycles. The molecule has 6 nitrogen and oxygen atoms in total. The summed E-state index contributed by atoms with van der Waals surface area (Å²) in [5, 5.41) is 4.59. The van der Waals surface area contributed by atoms with Gasteiger partial charge in [0.25, 0.3) is 5.91 Å². The Kier molecular flexibility index (Phi) is 6.91. The van der Waals surface area contributed by atoms with Gasteiger partial charge in [0.05, 0.1) is 5.69 Å². The number of rotatable bonds is 9. The maximum absolute atomic E-state index is 13.3. The van der Waals surface area contributed by atoms with Gasteiger partial charge >= 0.3 is 0 Å². The number of anilines is 1. The molecule has 1 aliphatic heterocycles. The summed E-state index contributed by atoms with van der Waals surface area (Å²) in [5.41, 5.74) is 2.29. The minimum absolute atomic E-state index is 0.0563. The summed E-state index contributed by atoms with van der Waals surface area (Å²) in [6, 6.07) is 16.8. The summed E-state index contributed by atoms with van der Waals surface area (Å²) in [6.07, 6.45) is 1.10. The molecule has 0 radical (unpaired) electrons. The van der Waals surface area contributed by atoms with Gasteiger partial charge in [0.1, 0.15) is 11.9 Å². The van der Waals surface area contributed by atoms with Crippen molar-refractivity contribution in [2.24, 2.45) is 0 Å². The minimum Gasteiger partial charge on any atom is -0.357 e. The predicted octanol–water partition coefficient (Wildman–Crippen LogP) is 4.27. The first-order valence-corrected chi connectivity index (χ1v) is 11.5. The highest BCUT2D eigenvalue weighted by Gasteiger charge is 2.31. The molecule has 1 N–H and O–H groups in total. The molecule has 0 fully saturated rings. The fourth-order valence-corrected chi connectivity index (χ4v) is 4.61. The third-order valence-corrected chi connectivity index (χ3v) is 6.32. The Hall–Kier alpha value is -3.74. The van der Waals surface area contributed by atoms with Crippen LogP contribution < -0.4 is 10.2 Å². The normalized spacial score (nSPS) is 13.3. The van der Waals surface area contributed by atoms with Crippen LogP contribution in [0.25, 0.3) is 10.8 Å². The Labute approximate surface area is 198 Å². The number of nitrogens with one attached hydrogen (secondary N) is 1. The largest absolute Gasteiger partial charge is 0.357 e. The molecule has 3 aromatic rings. The van der Waals surface area contributed by atoms with Crippen LogP contribution in [-0.2, 0) is 16.1 Å². The van der Waals surface area contributed by atoms with Crippen LogP contribution in [0.3, 0.4) is 0 Å². The molecular weight excluding hydrogens is 433 g/mol. The predicted molar refractivity (Wildman–Crippen MR) is 130 cm³/mol. The fourth-order valence-electron chi connectivity index (χ4n) is 4.61. The summed E-state index contributed by atoms with van der Waals surface area (Å²) < 4.78 is 13.3. The van der Waals surface area contributed by atoms with E-state index in [9.17, 15) is 18.8 Å². The lowest BCUT2D eigenvalue weighted by Gasteiger charge is -2.30. The molecule has 0 aromatic heterocycles. The van der Waals surface area contributed by atoms with Crippen molar-refractivity contribution in [2.45, 2.75) is 38.8 Å². The zero-order chi connectivity index (χ0) is 24.2. The molecule has 1 atom stereocenters. The van der Waals surface area contributed by atoms with E-state index in [0.29, 0.717) is 24.9 Å². The van der Waals surface area contributed by atoms with Crippen molar-refractivity contribution < 1.29 is 18.8 Å². The van der Waals surface area contributed by atoms with Crippen molar-refractivity contribution in [1.82, 2.24) is 10.2 Å². The average molecular weight is 462 g/mol. The van der Waals surface area contributed by atoms with Gasteiger partial charge in [-0.3, -0.25) is 14.4 Å². The average Bonchev–Trinajstić information content (AvgIpc) is 3.13. The number of nitrogens with zero attached hydrogens (tertiary/aromatic N) is 2. The molecule has 3 amide bonds. The molecule has 1 heterocycles. The Bertz CT molecular complexity index is 1220. The molecule has 0 bridgehead atoms. The standard InChI is InChI=1S/C27H28FN3O3/c1-3-22(26(33)29-2)31(17-18-12-14-20(28)15-13-18)24(32)11-6-16-30-23-10-5-8-19-7-4-9-21(25(19)23)27(30)34/h4-5,7-10,12-15,22H,3,6,11,16-17H2,1-2H3,(H,29,33)/t22-/m1/s1. The number of carbonyl (C=O) groups excluding carboxylic acids is 3. The van der Waals surface area contributed by atoms with Crippen molar-refractivity contribution in [3.8, 4) is 0 Å². The van der Waals surface area contributed by atoms with E-state index in [1.54, 1.807) is 29.0 Å². The van der Waals surface area contributed by atoms with E-state index in [4.69, 9.17) is 0 Å². The lowest BCUT2D eigenvalue weighted by molar-refractivity contribution is -0.141. The summed E-state index contributed by atoms with van der Waals surface area (Å²) in [4.78, 5) is 42.0. The maximum Gasteiger partial charge on any atom is 0.258 e.